The Kier molecular flexibility index (Phi) is 5.73. The Hall–Kier alpha value is -0.540. The van der Waals surface area contributed by atoms with Crippen molar-refractivity contribution in [1.29, 1.82) is 0 Å². The molecule has 0 atom stereocenters. The molecule has 0 radical (unpaired) electrons. The van der Waals surface area contributed by atoms with E-state index in [0.717, 1.165) is 25.0 Å². The number of rotatable bonds is 6. The highest BCUT2D eigenvalue weighted by atomic mass is 79.9. The van der Waals surface area contributed by atoms with Crippen LogP contribution in [0, 0.1) is 0 Å². The second kappa shape index (κ2) is 6.85. The van der Waals surface area contributed by atoms with Crippen LogP contribution >= 0.6 is 15.9 Å². The average molecular weight is 272 g/mol. The summed E-state index contributed by atoms with van der Waals surface area (Å²) in [4.78, 5) is 2.40. The molecule has 84 valence electrons. The molecule has 0 aliphatic heterocycles. The second-order valence-corrected chi connectivity index (χ2v) is 4.42. The van der Waals surface area contributed by atoms with Crippen LogP contribution in [0.25, 0.3) is 0 Å². The summed E-state index contributed by atoms with van der Waals surface area (Å²) in [6, 6.07) is 7.44. The maximum absolute atomic E-state index is 9.18. The summed E-state index contributed by atoms with van der Waals surface area (Å²) in [7, 11) is 0. The van der Waals surface area contributed by atoms with E-state index in [1.807, 2.05) is 12.1 Å². The molecule has 0 fully saturated rings. The summed E-state index contributed by atoms with van der Waals surface area (Å²) in [5.74, 6) is 0.335. The first-order valence-corrected chi connectivity index (χ1v) is 6.44. The first kappa shape index (κ1) is 12.5. The van der Waals surface area contributed by atoms with Gasteiger partial charge >= 0.3 is 0 Å². The van der Waals surface area contributed by atoms with Gasteiger partial charge < -0.3 is 5.11 Å². The number of halogens is 1. The summed E-state index contributed by atoms with van der Waals surface area (Å²) < 4.78 is 0. The Balaban J connectivity index is 2.53. The van der Waals surface area contributed by atoms with Crippen LogP contribution in [-0.2, 0) is 6.54 Å². The molecule has 0 heterocycles. The van der Waals surface area contributed by atoms with Crippen LogP contribution in [0.1, 0.15) is 18.9 Å². The van der Waals surface area contributed by atoms with Gasteiger partial charge in [0, 0.05) is 18.4 Å². The molecular weight excluding hydrogens is 254 g/mol. The van der Waals surface area contributed by atoms with E-state index in [1.165, 1.54) is 12.0 Å². The molecule has 0 aliphatic rings. The van der Waals surface area contributed by atoms with E-state index in [1.54, 1.807) is 12.1 Å². The lowest BCUT2D eigenvalue weighted by Crippen LogP contribution is -2.25. The fourth-order valence-corrected chi connectivity index (χ4v) is 2.07. The minimum Gasteiger partial charge on any atom is -0.508 e. The first-order chi connectivity index (χ1) is 7.26. The number of benzene rings is 1. The molecule has 1 aromatic rings. The number of alkyl halides is 1. The Morgan fingerprint density at radius 1 is 1.20 bits per heavy atom. The lowest BCUT2D eigenvalue weighted by molar-refractivity contribution is 0.283. The number of nitrogens with zero attached hydrogens (tertiary/aromatic N) is 1. The normalized spacial score (nSPS) is 10.9. The van der Waals surface area contributed by atoms with Gasteiger partial charge in [-0.2, -0.15) is 0 Å². The Morgan fingerprint density at radius 2 is 1.87 bits per heavy atom. The largest absolute Gasteiger partial charge is 0.508 e. The molecule has 1 rings (SSSR count). The van der Waals surface area contributed by atoms with Gasteiger partial charge in [0.25, 0.3) is 0 Å². The predicted octanol–water partition coefficient (Wildman–Crippen LogP) is 3.00. The van der Waals surface area contributed by atoms with Gasteiger partial charge in [0.2, 0.25) is 0 Å². The van der Waals surface area contributed by atoms with Crippen molar-refractivity contribution in [2.45, 2.75) is 19.9 Å². The van der Waals surface area contributed by atoms with E-state index >= 15 is 0 Å². The van der Waals surface area contributed by atoms with Crippen molar-refractivity contribution in [3.05, 3.63) is 29.8 Å². The summed E-state index contributed by atoms with van der Waals surface area (Å²) in [6.45, 7) is 5.33. The molecule has 0 aromatic heterocycles. The molecule has 0 unspecified atom stereocenters. The van der Waals surface area contributed by atoms with Gasteiger partial charge in [-0.05, 0) is 30.7 Å². The number of hydrogen-bond acceptors (Lipinski definition) is 2. The summed E-state index contributed by atoms with van der Waals surface area (Å²) in [5.41, 5.74) is 1.25. The number of phenols is 1. The van der Waals surface area contributed by atoms with Crippen molar-refractivity contribution in [3.63, 3.8) is 0 Å². The average Bonchev–Trinajstić information content (AvgIpc) is 2.22. The van der Waals surface area contributed by atoms with Crippen LogP contribution in [0.3, 0.4) is 0 Å². The van der Waals surface area contributed by atoms with E-state index in [4.69, 9.17) is 0 Å². The molecule has 1 N–H and O–H groups in total. The molecule has 0 aliphatic carbocycles. The number of aromatic hydroxyl groups is 1. The smallest absolute Gasteiger partial charge is 0.115 e. The van der Waals surface area contributed by atoms with Gasteiger partial charge in [-0.15, -0.1) is 0 Å². The van der Waals surface area contributed by atoms with E-state index in [0.29, 0.717) is 5.75 Å². The van der Waals surface area contributed by atoms with Crippen molar-refractivity contribution in [3.8, 4) is 5.75 Å². The summed E-state index contributed by atoms with van der Waals surface area (Å²) >= 11 is 3.46. The monoisotopic (exact) mass is 271 g/mol. The third kappa shape index (κ3) is 4.67. The van der Waals surface area contributed by atoms with Crippen molar-refractivity contribution in [2.24, 2.45) is 0 Å². The second-order valence-electron chi connectivity index (χ2n) is 3.63. The van der Waals surface area contributed by atoms with E-state index < -0.39 is 0 Å². The van der Waals surface area contributed by atoms with E-state index in [2.05, 4.69) is 27.8 Å². The molecule has 15 heavy (non-hydrogen) atoms. The maximum Gasteiger partial charge on any atom is 0.115 e. The van der Waals surface area contributed by atoms with Gasteiger partial charge in [0.05, 0.1) is 0 Å². The molecule has 0 saturated carbocycles. The Labute approximate surface area is 100 Å². The summed E-state index contributed by atoms with van der Waals surface area (Å²) in [6.07, 6.45) is 1.17. The molecule has 2 nitrogen and oxygen atoms in total. The van der Waals surface area contributed by atoms with Crippen LogP contribution in [0.2, 0.25) is 0 Å². The SMILES string of the molecule is CCCN(CCBr)Cc1ccc(O)cc1. The lowest BCUT2D eigenvalue weighted by Gasteiger charge is -2.20. The van der Waals surface area contributed by atoms with Gasteiger partial charge in [-0.1, -0.05) is 35.0 Å². The fourth-order valence-electron chi connectivity index (χ4n) is 1.57. The zero-order valence-corrected chi connectivity index (χ0v) is 10.7. The van der Waals surface area contributed by atoms with Crippen LogP contribution < -0.4 is 0 Å². The molecule has 0 bridgehead atoms. The van der Waals surface area contributed by atoms with Crippen LogP contribution in [0.4, 0.5) is 0 Å². The zero-order valence-electron chi connectivity index (χ0n) is 9.12. The molecular formula is C12H18BrNO. The molecule has 1 aromatic carbocycles. The van der Waals surface area contributed by atoms with Gasteiger partial charge in [0.15, 0.2) is 0 Å². The van der Waals surface area contributed by atoms with Gasteiger partial charge in [-0.25, -0.2) is 0 Å². The van der Waals surface area contributed by atoms with Crippen molar-refractivity contribution < 1.29 is 5.11 Å². The highest BCUT2D eigenvalue weighted by Gasteiger charge is 2.03. The highest BCUT2D eigenvalue weighted by molar-refractivity contribution is 9.09. The quantitative estimate of drug-likeness (QED) is 0.805. The molecule has 3 heteroatoms. The van der Waals surface area contributed by atoms with Gasteiger partial charge in [-0.3, -0.25) is 4.90 Å². The number of phenolic OH excluding ortho intramolecular Hbond substituents is 1. The van der Waals surface area contributed by atoms with Crippen LogP contribution in [-0.4, -0.2) is 28.4 Å². The minimum atomic E-state index is 0.335. The molecule has 0 amide bonds. The van der Waals surface area contributed by atoms with E-state index in [-0.39, 0.29) is 0 Å². The standard InChI is InChI=1S/C12H18BrNO/c1-2-8-14(9-7-13)10-11-3-5-12(15)6-4-11/h3-6,15H,2,7-10H2,1H3. The van der Waals surface area contributed by atoms with Gasteiger partial charge in [0.1, 0.15) is 5.75 Å². The van der Waals surface area contributed by atoms with Crippen molar-refractivity contribution in [2.75, 3.05) is 18.4 Å². The molecule has 0 spiro atoms. The van der Waals surface area contributed by atoms with Crippen LogP contribution in [0.5, 0.6) is 5.75 Å². The molecule has 0 saturated heterocycles. The van der Waals surface area contributed by atoms with E-state index in [9.17, 15) is 5.11 Å². The lowest BCUT2D eigenvalue weighted by atomic mass is 10.2. The highest BCUT2D eigenvalue weighted by Crippen LogP contribution is 2.11. The third-order valence-corrected chi connectivity index (χ3v) is 2.64. The summed E-state index contributed by atoms with van der Waals surface area (Å²) in [5, 5.41) is 10.2. The fraction of sp³-hybridized carbons (Fsp3) is 0.500. The van der Waals surface area contributed by atoms with Crippen molar-refractivity contribution >= 4 is 15.9 Å². The number of hydrogen-bond donors (Lipinski definition) is 1. The Bertz CT molecular complexity index is 267. The Morgan fingerprint density at radius 3 is 2.40 bits per heavy atom. The predicted molar refractivity (Wildman–Crippen MR) is 67.5 cm³/mol. The topological polar surface area (TPSA) is 23.5 Å². The van der Waals surface area contributed by atoms with Crippen molar-refractivity contribution in [1.82, 2.24) is 4.90 Å². The van der Waals surface area contributed by atoms with Crippen LogP contribution in [0.15, 0.2) is 24.3 Å². The maximum atomic E-state index is 9.18. The first-order valence-electron chi connectivity index (χ1n) is 5.32. The third-order valence-electron chi connectivity index (χ3n) is 2.28. The zero-order chi connectivity index (χ0) is 11.1. The minimum absolute atomic E-state index is 0.335.